The monoisotopic (exact) mass is 411 g/mol. The van der Waals surface area contributed by atoms with Crippen LogP contribution in [0.4, 0.5) is 11.6 Å². The lowest BCUT2D eigenvalue weighted by Gasteiger charge is -2.06. The number of aromatic nitrogens is 5. The SMILES string of the molecule is CCn1nc(-c2ccc(-c3ccc(C)nc3)cc2)nc1Nc1cnc2c(c1)CNC2=O. The summed E-state index contributed by atoms with van der Waals surface area (Å²) in [5, 5.41) is 10.7. The van der Waals surface area contributed by atoms with Crippen molar-refractivity contribution in [1.29, 1.82) is 0 Å². The van der Waals surface area contributed by atoms with Crippen molar-refractivity contribution in [2.24, 2.45) is 0 Å². The molecule has 0 saturated carbocycles. The summed E-state index contributed by atoms with van der Waals surface area (Å²) >= 11 is 0. The van der Waals surface area contributed by atoms with E-state index in [9.17, 15) is 4.79 Å². The van der Waals surface area contributed by atoms with Gasteiger partial charge in [-0.3, -0.25) is 9.78 Å². The summed E-state index contributed by atoms with van der Waals surface area (Å²) < 4.78 is 1.81. The molecule has 154 valence electrons. The molecular weight excluding hydrogens is 390 g/mol. The van der Waals surface area contributed by atoms with Crippen molar-refractivity contribution >= 4 is 17.5 Å². The molecule has 0 bridgehead atoms. The maximum absolute atomic E-state index is 11.7. The van der Waals surface area contributed by atoms with E-state index >= 15 is 0 Å². The molecule has 0 fully saturated rings. The van der Waals surface area contributed by atoms with Gasteiger partial charge < -0.3 is 10.6 Å². The molecule has 1 aromatic carbocycles. The number of hydrogen-bond donors (Lipinski definition) is 2. The molecule has 8 heteroatoms. The van der Waals surface area contributed by atoms with E-state index in [4.69, 9.17) is 0 Å². The summed E-state index contributed by atoms with van der Waals surface area (Å²) in [5.74, 6) is 1.14. The minimum atomic E-state index is -0.134. The van der Waals surface area contributed by atoms with Gasteiger partial charge in [0.1, 0.15) is 5.69 Å². The summed E-state index contributed by atoms with van der Waals surface area (Å²) in [6.07, 6.45) is 3.52. The molecule has 0 aliphatic carbocycles. The van der Waals surface area contributed by atoms with Crippen molar-refractivity contribution in [2.75, 3.05) is 5.32 Å². The summed E-state index contributed by atoms with van der Waals surface area (Å²) in [7, 11) is 0. The molecule has 4 aromatic rings. The minimum absolute atomic E-state index is 0.134. The first-order chi connectivity index (χ1) is 15.1. The molecule has 3 aromatic heterocycles. The first-order valence-corrected chi connectivity index (χ1v) is 10.1. The second kappa shape index (κ2) is 7.64. The molecule has 5 rings (SSSR count). The lowest BCUT2D eigenvalue weighted by atomic mass is 10.1. The van der Waals surface area contributed by atoms with Gasteiger partial charge in [0, 0.05) is 41.7 Å². The molecule has 1 amide bonds. The molecule has 0 spiro atoms. The first-order valence-electron chi connectivity index (χ1n) is 10.1. The third kappa shape index (κ3) is 3.63. The molecule has 8 nitrogen and oxygen atoms in total. The number of nitrogens with zero attached hydrogens (tertiary/aromatic N) is 5. The van der Waals surface area contributed by atoms with Gasteiger partial charge in [0.05, 0.1) is 11.9 Å². The van der Waals surface area contributed by atoms with Crippen molar-refractivity contribution in [3.63, 3.8) is 0 Å². The number of carbonyl (C=O) groups is 1. The van der Waals surface area contributed by atoms with Gasteiger partial charge in [0.25, 0.3) is 5.91 Å². The van der Waals surface area contributed by atoms with Crippen molar-refractivity contribution in [3.05, 3.63) is 71.8 Å². The lowest BCUT2D eigenvalue weighted by molar-refractivity contribution is 0.0961. The number of hydrogen-bond acceptors (Lipinski definition) is 6. The van der Waals surface area contributed by atoms with Gasteiger partial charge in [-0.15, -0.1) is 5.10 Å². The molecule has 0 radical (unpaired) electrons. The smallest absolute Gasteiger partial charge is 0.270 e. The van der Waals surface area contributed by atoms with Gasteiger partial charge in [-0.2, -0.15) is 4.98 Å². The number of rotatable bonds is 5. The van der Waals surface area contributed by atoms with E-state index < -0.39 is 0 Å². The standard InChI is InChI=1S/C23H21N7O/c1-3-30-23(27-19-10-18-12-26-22(31)20(18)25-13-19)28-21(29-30)16-8-6-15(7-9-16)17-5-4-14(2)24-11-17/h4-11,13H,3,12H2,1-2H3,(H,26,31)(H,27,28,29). The highest BCUT2D eigenvalue weighted by atomic mass is 16.2. The molecule has 0 unspecified atom stereocenters. The van der Waals surface area contributed by atoms with E-state index in [1.807, 2.05) is 49.0 Å². The van der Waals surface area contributed by atoms with Gasteiger partial charge in [-0.05, 0) is 31.5 Å². The Hall–Kier alpha value is -4.07. The maximum atomic E-state index is 11.7. The number of nitrogens with one attached hydrogen (secondary N) is 2. The van der Waals surface area contributed by atoms with Crippen LogP contribution in [0, 0.1) is 6.92 Å². The maximum Gasteiger partial charge on any atom is 0.270 e. The van der Waals surface area contributed by atoms with Crippen LogP contribution in [-0.4, -0.2) is 30.6 Å². The number of anilines is 2. The third-order valence-electron chi connectivity index (χ3n) is 5.24. The Morgan fingerprint density at radius 1 is 1.03 bits per heavy atom. The predicted octanol–water partition coefficient (Wildman–Crippen LogP) is 3.72. The van der Waals surface area contributed by atoms with Crippen molar-refractivity contribution in [2.45, 2.75) is 26.9 Å². The Morgan fingerprint density at radius 2 is 1.81 bits per heavy atom. The van der Waals surface area contributed by atoms with E-state index in [0.717, 1.165) is 33.6 Å². The van der Waals surface area contributed by atoms with Crippen LogP contribution in [0.1, 0.15) is 28.7 Å². The fourth-order valence-electron chi connectivity index (χ4n) is 3.53. The number of pyridine rings is 2. The molecule has 1 aliphatic rings. The Balaban J connectivity index is 1.40. The van der Waals surface area contributed by atoms with Gasteiger partial charge >= 0.3 is 0 Å². The highest BCUT2D eigenvalue weighted by molar-refractivity contribution is 5.96. The van der Waals surface area contributed by atoms with Crippen LogP contribution >= 0.6 is 0 Å². The Kier molecular flexibility index (Phi) is 4.66. The first kappa shape index (κ1) is 18.9. The van der Waals surface area contributed by atoms with Gasteiger partial charge in [0.15, 0.2) is 5.82 Å². The normalized spacial score (nSPS) is 12.5. The van der Waals surface area contributed by atoms with Crippen molar-refractivity contribution in [1.82, 2.24) is 30.0 Å². The van der Waals surface area contributed by atoms with Crippen molar-refractivity contribution < 1.29 is 4.79 Å². The van der Waals surface area contributed by atoms with Gasteiger partial charge in [-0.25, -0.2) is 9.67 Å². The Morgan fingerprint density at radius 3 is 2.55 bits per heavy atom. The Bertz CT molecular complexity index is 1260. The number of amides is 1. The summed E-state index contributed by atoms with van der Waals surface area (Å²) in [4.78, 5) is 25.0. The minimum Gasteiger partial charge on any atom is -0.347 e. The second-order valence-electron chi connectivity index (χ2n) is 7.38. The zero-order valence-corrected chi connectivity index (χ0v) is 17.3. The number of benzene rings is 1. The number of carbonyl (C=O) groups excluding carboxylic acids is 1. The highest BCUT2D eigenvalue weighted by Gasteiger charge is 2.21. The molecule has 2 N–H and O–H groups in total. The number of fused-ring (bicyclic) bond motifs is 1. The van der Waals surface area contributed by atoms with Gasteiger partial charge in [0.2, 0.25) is 5.95 Å². The van der Waals surface area contributed by atoms with Crippen LogP contribution in [0.15, 0.2) is 54.9 Å². The predicted molar refractivity (Wildman–Crippen MR) is 118 cm³/mol. The quantitative estimate of drug-likeness (QED) is 0.519. The van der Waals surface area contributed by atoms with Crippen LogP contribution < -0.4 is 10.6 Å². The average molecular weight is 411 g/mol. The summed E-state index contributed by atoms with van der Waals surface area (Å²) in [6, 6.07) is 14.1. The lowest BCUT2D eigenvalue weighted by Crippen LogP contribution is -2.13. The van der Waals surface area contributed by atoms with E-state index in [0.29, 0.717) is 30.6 Å². The fraction of sp³-hybridized carbons (Fsp3) is 0.174. The molecule has 4 heterocycles. The molecule has 0 atom stereocenters. The summed E-state index contributed by atoms with van der Waals surface area (Å²) in [6.45, 7) is 5.15. The molecule has 0 saturated heterocycles. The summed E-state index contributed by atoms with van der Waals surface area (Å²) in [5.41, 5.74) is 6.22. The van der Waals surface area contributed by atoms with Crippen LogP contribution in [0.2, 0.25) is 0 Å². The molecule has 31 heavy (non-hydrogen) atoms. The second-order valence-corrected chi connectivity index (χ2v) is 7.38. The van der Waals surface area contributed by atoms with Crippen LogP contribution in [0.3, 0.4) is 0 Å². The van der Waals surface area contributed by atoms with Gasteiger partial charge in [-0.1, -0.05) is 30.3 Å². The van der Waals surface area contributed by atoms with E-state index in [-0.39, 0.29) is 5.91 Å². The van der Waals surface area contributed by atoms with Crippen LogP contribution in [0.25, 0.3) is 22.5 Å². The van der Waals surface area contributed by atoms with E-state index in [2.05, 4.69) is 48.9 Å². The number of aryl methyl sites for hydroxylation is 2. The highest BCUT2D eigenvalue weighted by Crippen LogP contribution is 2.25. The topological polar surface area (TPSA) is 97.6 Å². The van der Waals surface area contributed by atoms with Crippen molar-refractivity contribution in [3.8, 4) is 22.5 Å². The Labute approximate surface area is 179 Å². The van der Waals surface area contributed by atoms with E-state index in [1.165, 1.54) is 0 Å². The third-order valence-corrected chi connectivity index (χ3v) is 5.24. The average Bonchev–Trinajstić information content (AvgIpc) is 3.37. The molecular formula is C23H21N7O. The molecule has 1 aliphatic heterocycles. The van der Waals surface area contributed by atoms with Crippen LogP contribution in [-0.2, 0) is 13.1 Å². The van der Waals surface area contributed by atoms with E-state index in [1.54, 1.807) is 6.20 Å². The van der Waals surface area contributed by atoms with Crippen LogP contribution in [0.5, 0.6) is 0 Å². The largest absolute Gasteiger partial charge is 0.347 e. The zero-order chi connectivity index (χ0) is 21.4. The fourth-order valence-corrected chi connectivity index (χ4v) is 3.53. The zero-order valence-electron chi connectivity index (χ0n) is 17.3.